The van der Waals surface area contributed by atoms with Crippen molar-refractivity contribution in [2.75, 3.05) is 13.1 Å². The molecule has 1 N–H and O–H groups in total. The number of piperazine rings is 1. The van der Waals surface area contributed by atoms with Crippen LogP contribution in [0.2, 0.25) is 0 Å². The number of benzene rings is 3. The average molecular weight is 424 g/mol. The SMILES string of the molecule is O=C1[C@H](Cc2ccccc2)N(C(=O)c2cc3ccccc3[nH]2)CCN1Cc1ccccc1. The predicted molar refractivity (Wildman–Crippen MR) is 125 cm³/mol. The molecule has 1 aliphatic rings. The summed E-state index contributed by atoms with van der Waals surface area (Å²) in [5, 5.41) is 0.990. The molecule has 1 aliphatic heterocycles. The molecule has 2 heterocycles. The molecule has 1 aromatic heterocycles. The number of amides is 2. The number of nitrogens with zero attached hydrogens (tertiary/aromatic N) is 2. The van der Waals surface area contributed by atoms with E-state index in [1.54, 1.807) is 4.90 Å². The van der Waals surface area contributed by atoms with Gasteiger partial charge in [-0.05, 0) is 23.3 Å². The first-order chi connectivity index (χ1) is 15.7. The zero-order valence-corrected chi connectivity index (χ0v) is 17.8. The Morgan fingerprint density at radius 2 is 1.50 bits per heavy atom. The molecule has 0 saturated carbocycles. The third kappa shape index (κ3) is 4.02. The Morgan fingerprint density at radius 1 is 0.844 bits per heavy atom. The molecule has 0 aliphatic carbocycles. The van der Waals surface area contributed by atoms with Crippen molar-refractivity contribution in [2.24, 2.45) is 0 Å². The van der Waals surface area contributed by atoms with E-state index in [1.807, 2.05) is 95.9 Å². The van der Waals surface area contributed by atoms with Gasteiger partial charge in [0, 0.05) is 37.0 Å². The Bertz CT molecular complexity index is 1200. The fourth-order valence-electron chi connectivity index (χ4n) is 4.42. The first-order valence-electron chi connectivity index (χ1n) is 10.9. The second kappa shape index (κ2) is 8.71. The van der Waals surface area contributed by atoms with Gasteiger partial charge in [0.05, 0.1) is 0 Å². The molecule has 1 saturated heterocycles. The van der Waals surface area contributed by atoms with Gasteiger partial charge in [-0.1, -0.05) is 78.9 Å². The third-order valence-corrected chi connectivity index (χ3v) is 6.09. The van der Waals surface area contributed by atoms with Crippen LogP contribution in [-0.4, -0.2) is 45.7 Å². The number of aromatic amines is 1. The first kappa shape index (κ1) is 20.1. The summed E-state index contributed by atoms with van der Waals surface area (Å²) in [5.74, 6) is -0.136. The van der Waals surface area contributed by atoms with Crippen LogP contribution in [0.25, 0.3) is 10.9 Å². The summed E-state index contributed by atoms with van der Waals surface area (Å²) >= 11 is 0. The molecule has 5 rings (SSSR count). The highest BCUT2D eigenvalue weighted by Crippen LogP contribution is 2.23. The maximum Gasteiger partial charge on any atom is 0.271 e. The minimum Gasteiger partial charge on any atom is -0.351 e. The zero-order valence-electron chi connectivity index (χ0n) is 17.8. The molecule has 160 valence electrons. The van der Waals surface area contributed by atoms with E-state index in [0.29, 0.717) is 31.7 Å². The smallest absolute Gasteiger partial charge is 0.271 e. The molecule has 5 nitrogen and oxygen atoms in total. The van der Waals surface area contributed by atoms with E-state index in [9.17, 15) is 9.59 Å². The number of H-pyrrole nitrogens is 1. The topological polar surface area (TPSA) is 56.4 Å². The van der Waals surface area contributed by atoms with Crippen LogP contribution in [0.1, 0.15) is 21.6 Å². The molecule has 4 aromatic rings. The summed E-state index contributed by atoms with van der Waals surface area (Å²) in [4.78, 5) is 33.9. The van der Waals surface area contributed by atoms with Gasteiger partial charge in [-0.25, -0.2) is 0 Å². The van der Waals surface area contributed by atoms with Crippen molar-refractivity contribution >= 4 is 22.7 Å². The Morgan fingerprint density at radius 3 is 2.22 bits per heavy atom. The fraction of sp³-hybridized carbons (Fsp3) is 0.185. The highest BCUT2D eigenvalue weighted by atomic mass is 16.2. The van der Waals surface area contributed by atoms with E-state index in [0.717, 1.165) is 22.0 Å². The summed E-state index contributed by atoms with van der Waals surface area (Å²) in [7, 11) is 0. The van der Waals surface area contributed by atoms with E-state index in [1.165, 1.54) is 0 Å². The highest BCUT2D eigenvalue weighted by Gasteiger charge is 2.38. The van der Waals surface area contributed by atoms with Crippen molar-refractivity contribution < 1.29 is 9.59 Å². The molecule has 2 amide bonds. The van der Waals surface area contributed by atoms with Gasteiger partial charge in [0.25, 0.3) is 5.91 Å². The monoisotopic (exact) mass is 423 g/mol. The number of fused-ring (bicyclic) bond motifs is 1. The Balaban J connectivity index is 1.43. The molecule has 0 radical (unpaired) electrons. The van der Waals surface area contributed by atoms with E-state index in [2.05, 4.69) is 4.98 Å². The summed E-state index contributed by atoms with van der Waals surface area (Å²) in [6, 6.07) is 29.1. The van der Waals surface area contributed by atoms with Crippen molar-refractivity contribution in [3.05, 3.63) is 108 Å². The lowest BCUT2D eigenvalue weighted by atomic mass is 10.00. The lowest BCUT2D eigenvalue weighted by Gasteiger charge is -2.40. The van der Waals surface area contributed by atoms with Crippen LogP contribution in [0.15, 0.2) is 91.0 Å². The third-order valence-electron chi connectivity index (χ3n) is 6.09. The van der Waals surface area contributed by atoms with Gasteiger partial charge < -0.3 is 14.8 Å². The molecule has 1 fully saturated rings. The van der Waals surface area contributed by atoms with Gasteiger partial charge in [0.1, 0.15) is 11.7 Å². The van der Waals surface area contributed by atoms with Crippen molar-refractivity contribution in [3.63, 3.8) is 0 Å². The quantitative estimate of drug-likeness (QED) is 0.521. The number of hydrogen-bond acceptors (Lipinski definition) is 2. The van der Waals surface area contributed by atoms with Crippen molar-refractivity contribution in [1.82, 2.24) is 14.8 Å². The van der Waals surface area contributed by atoms with Crippen LogP contribution in [0.4, 0.5) is 0 Å². The predicted octanol–water partition coefficient (Wildman–Crippen LogP) is 4.26. The molecular weight excluding hydrogens is 398 g/mol. The number of hydrogen-bond donors (Lipinski definition) is 1. The normalized spacial score (nSPS) is 16.5. The number of rotatable bonds is 5. The lowest BCUT2D eigenvalue weighted by molar-refractivity contribution is -0.140. The molecule has 0 bridgehead atoms. The molecule has 5 heteroatoms. The van der Waals surface area contributed by atoms with Gasteiger partial charge >= 0.3 is 0 Å². The minimum atomic E-state index is -0.534. The maximum atomic E-state index is 13.6. The summed E-state index contributed by atoms with van der Waals surface area (Å²) in [5.41, 5.74) is 3.58. The van der Waals surface area contributed by atoms with Crippen LogP contribution in [0, 0.1) is 0 Å². The maximum absolute atomic E-state index is 13.6. The van der Waals surface area contributed by atoms with Crippen LogP contribution >= 0.6 is 0 Å². The summed E-state index contributed by atoms with van der Waals surface area (Å²) in [6.45, 7) is 1.58. The molecule has 32 heavy (non-hydrogen) atoms. The van der Waals surface area contributed by atoms with Crippen molar-refractivity contribution in [3.8, 4) is 0 Å². The molecule has 0 unspecified atom stereocenters. The lowest BCUT2D eigenvalue weighted by Crippen LogP contribution is -2.59. The van der Waals surface area contributed by atoms with Gasteiger partial charge in [-0.3, -0.25) is 9.59 Å². The minimum absolute atomic E-state index is 0.00610. The number of nitrogens with one attached hydrogen (secondary N) is 1. The largest absolute Gasteiger partial charge is 0.351 e. The highest BCUT2D eigenvalue weighted by molar-refractivity contribution is 6.00. The summed E-state index contributed by atoms with van der Waals surface area (Å²) < 4.78 is 0. The van der Waals surface area contributed by atoms with Crippen LogP contribution in [-0.2, 0) is 17.8 Å². The van der Waals surface area contributed by atoms with Gasteiger partial charge in [-0.15, -0.1) is 0 Å². The first-order valence-corrected chi connectivity index (χ1v) is 10.9. The fourth-order valence-corrected chi connectivity index (χ4v) is 4.42. The van der Waals surface area contributed by atoms with Gasteiger partial charge in [-0.2, -0.15) is 0 Å². The standard InChI is InChI=1S/C27H25N3O2/c31-26(24-18-22-13-7-8-14-23(22)28-24)30-16-15-29(19-21-11-5-2-6-12-21)27(32)25(30)17-20-9-3-1-4-10-20/h1-14,18,25,28H,15-17,19H2/t25-/m0/s1. The average Bonchev–Trinajstić information content (AvgIpc) is 3.27. The van der Waals surface area contributed by atoms with Gasteiger partial charge in [0.2, 0.25) is 5.91 Å². The van der Waals surface area contributed by atoms with Crippen molar-refractivity contribution in [2.45, 2.75) is 19.0 Å². The Labute approximate surface area is 187 Å². The molecule has 0 spiro atoms. The number of carbonyl (C=O) groups excluding carboxylic acids is 2. The van der Waals surface area contributed by atoms with Crippen LogP contribution in [0.5, 0.6) is 0 Å². The Kier molecular flexibility index (Phi) is 5.46. The van der Waals surface area contributed by atoms with E-state index in [-0.39, 0.29) is 11.8 Å². The number of carbonyl (C=O) groups is 2. The molecular formula is C27H25N3O2. The number of aromatic nitrogens is 1. The van der Waals surface area contributed by atoms with Gasteiger partial charge in [0.15, 0.2) is 0 Å². The summed E-state index contributed by atoms with van der Waals surface area (Å²) in [6.07, 6.45) is 0.497. The van der Waals surface area contributed by atoms with E-state index < -0.39 is 6.04 Å². The number of para-hydroxylation sites is 1. The molecule has 3 aromatic carbocycles. The van der Waals surface area contributed by atoms with Crippen molar-refractivity contribution in [1.29, 1.82) is 0 Å². The van der Waals surface area contributed by atoms with E-state index in [4.69, 9.17) is 0 Å². The second-order valence-corrected chi connectivity index (χ2v) is 8.22. The Hall–Kier alpha value is -3.86. The van der Waals surface area contributed by atoms with E-state index >= 15 is 0 Å². The van der Waals surface area contributed by atoms with Crippen LogP contribution < -0.4 is 0 Å². The second-order valence-electron chi connectivity index (χ2n) is 8.22. The van der Waals surface area contributed by atoms with Crippen LogP contribution in [0.3, 0.4) is 0 Å². The zero-order chi connectivity index (χ0) is 21.9. The molecule has 1 atom stereocenters.